The minimum atomic E-state index is -0.805. The third-order valence-electron chi connectivity index (χ3n) is 4.11. The van der Waals surface area contributed by atoms with E-state index in [2.05, 4.69) is 0 Å². The Labute approximate surface area is 142 Å². The van der Waals surface area contributed by atoms with Gasteiger partial charge in [-0.2, -0.15) is 0 Å². The average molecular weight is 338 g/mol. The van der Waals surface area contributed by atoms with Crippen LogP contribution < -0.4 is 0 Å². The number of phenolic OH excluding ortho intramolecular Hbond substituents is 1. The Morgan fingerprint density at radius 1 is 0.960 bits per heavy atom. The minimum Gasteiger partial charge on any atom is -0.508 e. The first-order valence-electron chi connectivity index (χ1n) is 7.54. The zero-order valence-corrected chi connectivity index (χ0v) is 13.0. The number of hydrogen-bond donors (Lipinski definition) is 1. The van der Waals surface area contributed by atoms with E-state index >= 15 is 0 Å². The number of fused-ring (bicyclic) bond motifs is 1. The lowest BCUT2D eigenvalue weighted by atomic mass is 9.87. The van der Waals surface area contributed by atoms with Gasteiger partial charge in [-0.15, -0.1) is 0 Å². The van der Waals surface area contributed by atoms with E-state index in [0.717, 1.165) is 5.39 Å². The Hall–Kier alpha value is -3.48. The summed E-state index contributed by atoms with van der Waals surface area (Å²) in [6, 6.07) is 16.2. The number of nitrogens with zero attached hydrogens (tertiary/aromatic N) is 2. The predicted octanol–water partition coefficient (Wildman–Crippen LogP) is 3.86. The summed E-state index contributed by atoms with van der Waals surface area (Å²) in [5.74, 6) is -0.877. The van der Waals surface area contributed by atoms with E-state index < -0.39 is 22.3 Å². The molecular formula is C18H14N2O5. The van der Waals surface area contributed by atoms with Gasteiger partial charge in [-0.05, 0) is 22.4 Å². The van der Waals surface area contributed by atoms with Gasteiger partial charge >= 0.3 is 0 Å². The standard InChI is InChI=1S/C18H14N2O5/c21-17-9-8-12-4-1-2-7-15(12)18(17)16(11-19(22)23)13-5-3-6-14(10-13)20(24)25/h1-10,16,21H,11H2. The number of aromatic hydroxyl groups is 1. The van der Waals surface area contributed by atoms with Crippen molar-refractivity contribution in [1.29, 1.82) is 0 Å². The van der Waals surface area contributed by atoms with Crippen LogP contribution in [-0.4, -0.2) is 21.5 Å². The van der Waals surface area contributed by atoms with Gasteiger partial charge in [0.1, 0.15) is 5.75 Å². The lowest BCUT2D eigenvalue weighted by Crippen LogP contribution is -2.14. The molecule has 0 bridgehead atoms. The topological polar surface area (TPSA) is 107 Å². The fourth-order valence-electron chi connectivity index (χ4n) is 3.02. The van der Waals surface area contributed by atoms with Gasteiger partial charge in [0, 0.05) is 22.6 Å². The summed E-state index contributed by atoms with van der Waals surface area (Å²) in [5.41, 5.74) is 0.665. The molecule has 0 aromatic heterocycles. The molecule has 3 aromatic rings. The zero-order valence-electron chi connectivity index (χ0n) is 13.0. The van der Waals surface area contributed by atoms with E-state index in [-0.39, 0.29) is 11.4 Å². The molecule has 7 nitrogen and oxygen atoms in total. The Morgan fingerprint density at radius 3 is 2.44 bits per heavy atom. The highest BCUT2D eigenvalue weighted by Crippen LogP contribution is 2.38. The van der Waals surface area contributed by atoms with E-state index in [4.69, 9.17) is 0 Å². The van der Waals surface area contributed by atoms with Crippen LogP contribution in [0.2, 0.25) is 0 Å². The molecule has 3 rings (SSSR count). The van der Waals surface area contributed by atoms with E-state index in [1.54, 1.807) is 24.3 Å². The van der Waals surface area contributed by atoms with Gasteiger partial charge < -0.3 is 5.11 Å². The van der Waals surface area contributed by atoms with Crippen LogP contribution >= 0.6 is 0 Å². The highest BCUT2D eigenvalue weighted by Gasteiger charge is 2.26. The molecule has 126 valence electrons. The molecule has 0 saturated carbocycles. The summed E-state index contributed by atoms with van der Waals surface area (Å²) in [7, 11) is 0. The highest BCUT2D eigenvalue weighted by molar-refractivity contribution is 5.88. The maximum absolute atomic E-state index is 11.2. The molecule has 1 N–H and O–H groups in total. The van der Waals surface area contributed by atoms with Gasteiger partial charge in [0.25, 0.3) is 5.69 Å². The summed E-state index contributed by atoms with van der Waals surface area (Å²) >= 11 is 0. The molecule has 1 unspecified atom stereocenters. The van der Waals surface area contributed by atoms with Crippen molar-refractivity contribution in [2.45, 2.75) is 5.92 Å². The van der Waals surface area contributed by atoms with E-state index in [9.17, 15) is 25.3 Å². The first kappa shape index (κ1) is 16.4. The fourth-order valence-corrected chi connectivity index (χ4v) is 3.02. The van der Waals surface area contributed by atoms with Crippen LogP contribution in [0.15, 0.2) is 60.7 Å². The van der Waals surface area contributed by atoms with Crippen LogP contribution in [0.1, 0.15) is 17.0 Å². The molecule has 0 aliphatic carbocycles. The molecule has 1 atom stereocenters. The quantitative estimate of drug-likeness (QED) is 0.561. The second-order valence-corrected chi connectivity index (χ2v) is 5.64. The normalized spacial score (nSPS) is 12.0. The lowest BCUT2D eigenvalue weighted by molar-refractivity contribution is -0.481. The van der Waals surface area contributed by atoms with Crippen LogP contribution in [0.3, 0.4) is 0 Å². The van der Waals surface area contributed by atoms with Crippen molar-refractivity contribution >= 4 is 16.5 Å². The molecule has 0 amide bonds. The summed E-state index contributed by atoms with van der Waals surface area (Å²) in [4.78, 5) is 21.2. The summed E-state index contributed by atoms with van der Waals surface area (Å²) in [6.45, 7) is -0.483. The zero-order chi connectivity index (χ0) is 18.0. The number of rotatable bonds is 5. The van der Waals surface area contributed by atoms with Crippen molar-refractivity contribution in [3.8, 4) is 5.75 Å². The van der Waals surface area contributed by atoms with E-state index in [0.29, 0.717) is 16.5 Å². The minimum absolute atomic E-state index is 0.0722. The van der Waals surface area contributed by atoms with Crippen molar-refractivity contribution in [3.63, 3.8) is 0 Å². The van der Waals surface area contributed by atoms with Gasteiger partial charge in [0.2, 0.25) is 6.54 Å². The number of nitro groups is 2. The first-order chi connectivity index (χ1) is 12.0. The molecule has 25 heavy (non-hydrogen) atoms. The van der Waals surface area contributed by atoms with E-state index in [1.807, 2.05) is 12.1 Å². The Kier molecular flexibility index (Phi) is 4.30. The molecule has 0 aliphatic heterocycles. The molecule has 0 radical (unpaired) electrons. The number of non-ortho nitro benzene ring substituents is 1. The van der Waals surface area contributed by atoms with Gasteiger partial charge in [-0.1, -0.05) is 42.5 Å². The molecule has 0 spiro atoms. The summed E-state index contributed by atoms with van der Waals surface area (Å²) in [6.07, 6.45) is 0. The van der Waals surface area contributed by atoms with Crippen molar-refractivity contribution in [2.24, 2.45) is 0 Å². The fraction of sp³-hybridized carbons (Fsp3) is 0.111. The number of hydrogen-bond acceptors (Lipinski definition) is 5. The number of benzene rings is 3. The molecule has 0 aliphatic rings. The highest BCUT2D eigenvalue weighted by atomic mass is 16.6. The van der Waals surface area contributed by atoms with Gasteiger partial charge in [0.15, 0.2) is 0 Å². The maximum Gasteiger partial charge on any atom is 0.269 e. The molecule has 0 fully saturated rings. The monoisotopic (exact) mass is 338 g/mol. The largest absolute Gasteiger partial charge is 0.508 e. The Bertz CT molecular complexity index is 971. The van der Waals surface area contributed by atoms with Gasteiger partial charge in [-0.3, -0.25) is 20.2 Å². The van der Waals surface area contributed by atoms with Crippen molar-refractivity contribution in [2.75, 3.05) is 6.54 Å². The lowest BCUT2D eigenvalue weighted by Gasteiger charge is -2.17. The van der Waals surface area contributed by atoms with Crippen molar-refractivity contribution in [1.82, 2.24) is 0 Å². The summed E-state index contributed by atoms with van der Waals surface area (Å²) < 4.78 is 0. The van der Waals surface area contributed by atoms with Crippen LogP contribution in [0.5, 0.6) is 5.75 Å². The SMILES string of the molecule is O=[N+]([O-])CC(c1cccc([N+](=O)[O-])c1)c1c(O)ccc2ccccc12. The second kappa shape index (κ2) is 6.56. The van der Waals surface area contributed by atoms with Crippen LogP contribution in [-0.2, 0) is 0 Å². The molecule has 0 saturated heterocycles. The van der Waals surface area contributed by atoms with Crippen LogP contribution in [0, 0.1) is 20.2 Å². The van der Waals surface area contributed by atoms with Crippen molar-refractivity contribution in [3.05, 3.63) is 92.0 Å². The summed E-state index contributed by atoms with van der Waals surface area (Å²) in [5, 5.41) is 34.1. The molecule has 0 heterocycles. The Balaban J connectivity index is 2.24. The van der Waals surface area contributed by atoms with Gasteiger partial charge in [-0.25, -0.2) is 0 Å². The molecule has 3 aromatic carbocycles. The third kappa shape index (κ3) is 3.25. The Morgan fingerprint density at radius 2 is 1.72 bits per heavy atom. The average Bonchev–Trinajstić information content (AvgIpc) is 2.60. The first-order valence-corrected chi connectivity index (χ1v) is 7.54. The van der Waals surface area contributed by atoms with E-state index in [1.165, 1.54) is 24.3 Å². The van der Waals surface area contributed by atoms with Crippen molar-refractivity contribution < 1.29 is 15.0 Å². The number of phenols is 1. The third-order valence-corrected chi connectivity index (χ3v) is 4.11. The smallest absolute Gasteiger partial charge is 0.269 e. The van der Waals surface area contributed by atoms with Crippen LogP contribution in [0.25, 0.3) is 10.8 Å². The second-order valence-electron chi connectivity index (χ2n) is 5.64. The predicted molar refractivity (Wildman–Crippen MR) is 92.4 cm³/mol. The maximum atomic E-state index is 11.2. The number of nitro benzene ring substituents is 1. The molecule has 7 heteroatoms. The molecular weight excluding hydrogens is 324 g/mol. The van der Waals surface area contributed by atoms with Crippen LogP contribution in [0.4, 0.5) is 5.69 Å². The van der Waals surface area contributed by atoms with Gasteiger partial charge in [0.05, 0.1) is 10.8 Å².